The molecule has 1 aromatic carbocycles. The lowest BCUT2D eigenvalue weighted by Gasteiger charge is -2.22. The normalized spacial score (nSPS) is 13.0. The van der Waals surface area contributed by atoms with Crippen LogP contribution in [0, 0.1) is 11.3 Å². The van der Waals surface area contributed by atoms with Crippen molar-refractivity contribution in [1.29, 1.82) is 5.26 Å². The first kappa shape index (κ1) is 15.2. The van der Waals surface area contributed by atoms with Gasteiger partial charge in [-0.25, -0.2) is 0 Å². The third-order valence-electron chi connectivity index (χ3n) is 2.26. The van der Waals surface area contributed by atoms with Crippen molar-refractivity contribution in [2.75, 3.05) is 13.2 Å². The second kappa shape index (κ2) is 6.92. The highest BCUT2D eigenvalue weighted by molar-refractivity contribution is 7.54. The molecule has 0 amide bonds. The van der Waals surface area contributed by atoms with Gasteiger partial charge in [0, 0.05) is 5.02 Å². The van der Waals surface area contributed by atoms with Crippen LogP contribution < -0.4 is 0 Å². The van der Waals surface area contributed by atoms with Crippen LogP contribution in [0.3, 0.4) is 0 Å². The van der Waals surface area contributed by atoms with Gasteiger partial charge in [0.2, 0.25) is 0 Å². The van der Waals surface area contributed by atoms with Gasteiger partial charge < -0.3 is 9.05 Å². The summed E-state index contributed by atoms with van der Waals surface area (Å²) in [6, 6.07) is 8.74. The van der Waals surface area contributed by atoms with E-state index < -0.39 is 13.3 Å². The van der Waals surface area contributed by atoms with Crippen molar-refractivity contribution in [2.24, 2.45) is 0 Å². The predicted octanol–water partition coefficient (Wildman–Crippen LogP) is 4.17. The number of nitrogens with zero attached hydrogens (tertiary/aromatic N) is 1. The highest BCUT2D eigenvalue weighted by Crippen LogP contribution is 2.61. The molecule has 98 valence electrons. The van der Waals surface area contributed by atoms with Crippen LogP contribution in [0.25, 0.3) is 0 Å². The Morgan fingerprint density at radius 2 is 1.89 bits per heavy atom. The summed E-state index contributed by atoms with van der Waals surface area (Å²) in [5.41, 5.74) is -0.544. The van der Waals surface area contributed by atoms with Crippen LogP contribution >= 0.6 is 19.2 Å². The van der Waals surface area contributed by atoms with Crippen molar-refractivity contribution < 1.29 is 13.6 Å². The molecule has 0 aromatic heterocycles. The zero-order chi connectivity index (χ0) is 13.6. The summed E-state index contributed by atoms with van der Waals surface area (Å²) >= 11 is 6.02. The van der Waals surface area contributed by atoms with Crippen molar-refractivity contribution in [3.8, 4) is 6.07 Å². The summed E-state index contributed by atoms with van der Waals surface area (Å²) < 4.78 is 22.9. The molecule has 1 aromatic rings. The fraction of sp³-hybridized carbons (Fsp3) is 0.417. The van der Waals surface area contributed by atoms with Crippen LogP contribution in [-0.4, -0.2) is 13.2 Å². The zero-order valence-corrected chi connectivity index (χ0v) is 11.9. The quantitative estimate of drug-likeness (QED) is 0.737. The van der Waals surface area contributed by atoms with Gasteiger partial charge in [-0.15, -0.1) is 0 Å². The maximum Gasteiger partial charge on any atom is 0.352 e. The molecule has 0 fully saturated rings. The summed E-state index contributed by atoms with van der Waals surface area (Å²) in [6.45, 7) is 3.82. The minimum atomic E-state index is -3.52. The van der Waals surface area contributed by atoms with Crippen molar-refractivity contribution in [3.63, 3.8) is 0 Å². The van der Waals surface area contributed by atoms with E-state index in [-0.39, 0.29) is 13.2 Å². The molecule has 1 atom stereocenters. The van der Waals surface area contributed by atoms with Crippen molar-refractivity contribution in [2.45, 2.75) is 19.5 Å². The van der Waals surface area contributed by atoms with Crippen molar-refractivity contribution in [1.82, 2.24) is 0 Å². The van der Waals surface area contributed by atoms with Crippen LogP contribution in [0.1, 0.15) is 25.1 Å². The average molecular weight is 288 g/mol. The van der Waals surface area contributed by atoms with Gasteiger partial charge in [0.15, 0.2) is 5.66 Å². The Labute approximate surface area is 112 Å². The van der Waals surface area contributed by atoms with E-state index in [0.717, 1.165) is 0 Å². The number of hydrogen-bond donors (Lipinski definition) is 0. The Balaban J connectivity index is 3.20. The highest BCUT2D eigenvalue weighted by Gasteiger charge is 2.38. The molecule has 1 unspecified atom stereocenters. The zero-order valence-electron chi connectivity index (χ0n) is 10.3. The largest absolute Gasteiger partial charge is 0.352 e. The van der Waals surface area contributed by atoms with Gasteiger partial charge in [0.25, 0.3) is 0 Å². The predicted molar refractivity (Wildman–Crippen MR) is 70.7 cm³/mol. The third kappa shape index (κ3) is 3.34. The maximum atomic E-state index is 12.6. The molecule has 0 spiro atoms. The summed E-state index contributed by atoms with van der Waals surface area (Å²) in [6.07, 6.45) is 0. The topological polar surface area (TPSA) is 59.3 Å². The summed E-state index contributed by atoms with van der Waals surface area (Å²) in [4.78, 5) is 0. The first-order chi connectivity index (χ1) is 8.59. The molecule has 0 saturated heterocycles. The van der Waals surface area contributed by atoms with E-state index in [1.54, 1.807) is 38.1 Å². The van der Waals surface area contributed by atoms with E-state index >= 15 is 0 Å². The Morgan fingerprint density at radius 3 is 2.33 bits per heavy atom. The monoisotopic (exact) mass is 287 g/mol. The molecule has 0 aliphatic heterocycles. The Morgan fingerprint density at radius 1 is 1.33 bits per heavy atom. The van der Waals surface area contributed by atoms with E-state index in [0.29, 0.717) is 10.6 Å². The summed E-state index contributed by atoms with van der Waals surface area (Å²) in [7, 11) is -3.52. The molecule has 4 nitrogen and oxygen atoms in total. The van der Waals surface area contributed by atoms with Gasteiger partial charge in [0.1, 0.15) is 0 Å². The molecule has 0 heterocycles. The number of rotatable bonds is 6. The average Bonchev–Trinajstić information content (AvgIpc) is 2.33. The molecule has 6 heteroatoms. The van der Waals surface area contributed by atoms with Crippen molar-refractivity contribution in [3.05, 3.63) is 34.9 Å². The van der Waals surface area contributed by atoms with Crippen LogP contribution in [0.15, 0.2) is 24.3 Å². The van der Waals surface area contributed by atoms with Crippen LogP contribution in [-0.2, 0) is 13.6 Å². The van der Waals surface area contributed by atoms with Gasteiger partial charge in [0.05, 0.1) is 19.3 Å². The molecule has 0 aliphatic carbocycles. The molecule has 0 N–H and O–H groups in total. The van der Waals surface area contributed by atoms with E-state index in [4.69, 9.17) is 20.6 Å². The molecule has 0 aliphatic rings. The molecule has 0 radical (unpaired) electrons. The van der Waals surface area contributed by atoms with Crippen LogP contribution in [0.5, 0.6) is 0 Å². The lowest BCUT2D eigenvalue weighted by molar-refractivity contribution is 0.216. The van der Waals surface area contributed by atoms with Gasteiger partial charge in [-0.05, 0) is 25.5 Å². The van der Waals surface area contributed by atoms with Crippen molar-refractivity contribution >= 4 is 19.2 Å². The molecule has 18 heavy (non-hydrogen) atoms. The number of benzene rings is 1. The number of nitriles is 1. The molecule has 0 bridgehead atoms. The minimum absolute atomic E-state index is 0.208. The third-order valence-corrected chi connectivity index (χ3v) is 4.86. The second-order valence-corrected chi connectivity index (χ2v) is 5.95. The Bertz CT molecular complexity index is 476. The van der Waals surface area contributed by atoms with Gasteiger partial charge in [-0.2, -0.15) is 5.26 Å². The molecule has 0 saturated carbocycles. The van der Waals surface area contributed by atoms with Crippen LogP contribution in [0.4, 0.5) is 0 Å². The summed E-state index contributed by atoms with van der Waals surface area (Å²) in [5, 5.41) is 9.63. The fourth-order valence-electron chi connectivity index (χ4n) is 1.55. The fourth-order valence-corrected chi connectivity index (χ4v) is 3.67. The van der Waals surface area contributed by atoms with Gasteiger partial charge in [-0.3, -0.25) is 4.57 Å². The first-order valence-corrected chi connectivity index (χ1v) is 7.60. The molecule has 1 rings (SSSR count). The smallest absolute Gasteiger partial charge is 0.308 e. The van der Waals surface area contributed by atoms with E-state index in [1.807, 2.05) is 6.07 Å². The van der Waals surface area contributed by atoms with Gasteiger partial charge in [-0.1, -0.05) is 29.8 Å². The maximum absolute atomic E-state index is 12.6. The highest BCUT2D eigenvalue weighted by atomic mass is 35.5. The lowest BCUT2D eigenvalue weighted by Crippen LogP contribution is -2.05. The van der Waals surface area contributed by atoms with Crippen LogP contribution in [0.2, 0.25) is 5.02 Å². The Kier molecular flexibility index (Phi) is 5.84. The van der Waals surface area contributed by atoms with E-state index in [9.17, 15) is 9.83 Å². The SMILES string of the molecule is CCOP(=O)(OCC)C(C#N)c1ccccc1Cl. The molecular formula is C12H15ClNO3P. The van der Waals surface area contributed by atoms with Gasteiger partial charge >= 0.3 is 7.60 Å². The Hall–Kier alpha value is -0.850. The number of halogens is 1. The minimum Gasteiger partial charge on any atom is -0.308 e. The van der Waals surface area contributed by atoms with E-state index in [1.165, 1.54) is 0 Å². The number of hydrogen-bond acceptors (Lipinski definition) is 4. The molecular weight excluding hydrogens is 273 g/mol. The standard InChI is InChI=1S/C12H15ClNO3P/c1-3-16-18(15,17-4-2)12(9-14)10-7-5-6-8-11(10)13/h5-8,12H,3-4H2,1-2H3. The lowest BCUT2D eigenvalue weighted by atomic mass is 10.2. The summed E-state index contributed by atoms with van der Waals surface area (Å²) in [5.74, 6) is 0. The first-order valence-electron chi connectivity index (χ1n) is 5.61. The second-order valence-electron chi connectivity index (χ2n) is 3.43. The van der Waals surface area contributed by atoms with E-state index in [2.05, 4.69) is 0 Å².